The highest BCUT2D eigenvalue weighted by atomic mass is 16.5. The third-order valence-electron chi connectivity index (χ3n) is 4.33. The summed E-state index contributed by atoms with van der Waals surface area (Å²) >= 11 is 0. The van der Waals surface area contributed by atoms with Crippen LogP contribution in [0, 0.1) is 17.3 Å². The SMILES string of the molecule is COCCNCC1(CC(C)C)CCOC1C1CC1. The summed E-state index contributed by atoms with van der Waals surface area (Å²) in [6.07, 6.45) is 5.78. The van der Waals surface area contributed by atoms with E-state index in [0.29, 0.717) is 11.5 Å². The fourth-order valence-corrected chi connectivity index (χ4v) is 3.55. The number of hydrogen-bond acceptors (Lipinski definition) is 3. The van der Waals surface area contributed by atoms with Crippen LogP contribution in [0.15, 0.2) is 0 Å². The van der Waals surface area contributed by atoms with Crippen LogP contribution in [0.4, 0.5) is 0 Å². The van der Waals surface area contributed by atoms with E-state index < -0.39 is 0 Å². The van der Waals surface area contributed by atoms with Crippen LogP contribution in [-0.4, -0.2) is 39.5 Å². The lowest BCUT2D eigenvalue weighted by Gasteiger charge is -2.36. The summed E-state index contributed by atoms with van der Waals surface area (Å²) in [5.74, 6) is 1.59. The summed E-state index contributed by atoms with van der Waals surface area (Å²) in [4.78, 5) is 0. The van der Waals surface area contributed by atoms with Crippen molar-refractivity contribution < 1.29 is 9.47 Å². The van der Waals surface area contributed by atoms with E-state index in [4.69, 9.17) is 9.47 Å². The minimum Gasteiger partial charge on any atom is -0.383 e. The summed E-state index contributed by atoms with van der Waals surface area (Å²) in [5.41, 5.74) is 0.378. The largest absolute Gasteiger partial charge is 0.383 e. The Morgan fingerprint density at radius 3 is 2.78 bits per heavy atom. The Morgan fingerprint density at radius 1 is 1.39 bits per heavy atom. The van der Waals surface area contributed by atoms with Gasteiger partial charge in [0.2, 0.25) is 0 Å². The van der Waals surface area contributed by atoms with E-state index in [-0.39, 0.29) is 0 Å². The third kappa shape index (κ3) is 3.46. The van der Waals surface area contributed by atoms with E-state index >= 15 is 0 Å². The van der Waals surface area contributed by atoms with Crippen molar-refractivity contribution in [3.05, 3.63) is 0 Å². The first kappa shape index (κ1) is 14.3. The van der Waals surface area contributed by atoms with Gasteiger partial charge in [-0.1, -0.05) is 13.8 Å². The first-order valence-electron chi connectivity index (χ1n) is 7.49. The molecule has 3 nitrogen and oxygen atoms in total. The normalized spacial score (nSPS) is 32.3. The fraction of sp³-hybridized carbons (Fsp3) is 1.00. The Bertz CT molecular complexity index is 253. The molecule has 0 spiro atoms. The molecule has 0 amide bonds. The lowest BCUT2D eigenvalue weighted by Crippen LogP contribution is -2.43. The molecule has 2 rings (SSSR count). The summed E-state index contributed by atoms with van der Waals surface area (Å²) in [7, 11) is 1.76. The Kier molecular flexibility index (Phi) is 5.05. The average Bonchev–Trinajstić information content (AvgIpc) is 3.08. The molecule has 1 N–H and O–H groups in total. The smallest absolute Gasteiger partial charge is 0.0672 e. The second-order valence-electron chi connectivity index (χ2n) is 6.51. The molecule has 0 aromatic carbocycles. The molecule has 2 aliphatic rings. The van der Waals surface area contributed by atoms with Crippen molar-refractivity contribution in [1.82, 2.24) is 5.32 Å². The van der Waals surface area contributed by atoms with Crippen LogP contribution in [0.2, 0.25) is 0 Å². The molecule has 2 atom stereocenters. The van der Waals surface area contributed by atoms with Crippen molar-refractivity contribution in [3.63, 3.8) is 0 Å². The molecule has 0 bridgehead atoms. The Balaban J connectivity index is 1.93. The maximum absolute atomic E-state index is 6.08. The van der Waals surface area contributed by atoms with Gasteiger partial charge in [-0.3, -0.25) is 0 Å². The number of methoxy groups -OCH3 is 1. The summed E-state index contributed by atoms with van der Waals surface area (Å²) in [6, 6.07) is 0. The Hall–Kier alpha value is -0.120. The van der Waals surface area contributed by atoms with Crippen LogP contribution in [-0.2, 0) is 9.47 Å². The van der Waals surface area contributed by atoms with Crippen molar-refractivity contribution in [2.45, 2.75) is 45.6 Å². The van der Waals surface area contributed by atoms with Crippen LogP contribution in [0.3, 0.4) is 0 Å². The van der Waals surface area contributed by atoms with Crippen molar-refractivity contribution >= 4 is 0 Å². The van der Waals surface area contributed by atoms with Crippen LogP contribution in [0.1, 0.15) is 39.5 Å². The minimum atomic E-state index is 0.378. The lowest BCUT2D eigenvalue weighted by atomic mass is 9.73. The standard InChI is InChI=1S/C15H29NO2/c1-12(2)10-15(11-16-7-9-17-3)6-8-18-14(15)13-4-5-13/h12-14,16H,4-11H2,1-3H3. The second-order valence-corrected chi connectivity index (χ2v) is 6.51. The summed E-state index contributed by atoms with van der Waals surface area (Å²) in [6.45, 7) is 8.47. The zero-order valence-corrected chi connectivity index (χ0v) is 12.2. The minimum absolute atomic E-state index is 0.378. The van der Waals surface area contributed by atoms with E-state index in [1.54, 1.807) is 7.11 Å². The van der Waals surface area contributed by atoms with E-state index in [1.165, 1.54) is 25.7 Å². The van der Waals surface area contributed by atoms with Gasteiger partial charge >= 0.3 is 0 Å². The van der Waals surface area contributed by atoms with Crippen molar-refractivity contribution in [2.24, 2.45) is 17.3 Å². The molecule has 0 aromatic rings. The highest BCUT2D eigenvalue weighted by Gasteiger charge is 2.50. The van der Waals surface area contributed by atoms with Gasteiger partial charge in [-0.25, -0.2) is 0 Å². The Labute approximate surface area is 112 Å². The molecule has 1 saturated carbocycles. The quantitative estimate of drug-likeness (QED) is 0.676. The summed E-state index contributed by atoms with van der Waals surface area (Å²) < 4.78 is 11.2. The number of ether oxygens (including phenoxy) is 2. The van der Waals surface area contributed by atoms with Crippen molar-refractivity contribution in [2.75, 3.05) is 33.4 Å². The zero-order chi connectivity index (χ0) is 13.0. The number of hydrogen-bond donors (Lipinski definition) is 1. The predicted octanol–water partition coefficient (Wildman–Crippen LogP) is 2.45. The van der Waals surface area contributed by atoms with Crippen LogP contribution >= 0.6 is 0 Å². The third-order valence-corrected chi connectivity index (χ3v) is 4.33. The molecule has 3 heteroatoms. The number of rotatable bonds is 8. The maximum atomic E-state index is 6.08. The van der Waals surface area contributed by atoms with Crippen LogP contribution < -0.4 is 5.32 Å². The molecular formula is C15H29NO2. The second kappa shape index (κ2) is 6.36. The van der Waals surface area contributed by atoms with Gasteiger partial charge in [-0.05, 0) is 37.5 Å². The van der Waals surface area contributed by atoms with Gasteiger partial charge < -0.3 is 14.8 Å². The van der Waals surface area contributed by atoms with Gasteiger partial charge in [0.05, 0.1) is 12.7 Å². The summed E-state index contributed by atoms with van der Waals surface area (Å²) in [5, 5.41) is 3.58. The van der Waals surface area contributed by atoms with Gasteiger partial charge in [-0.2, -0.15) is 0 Å². The van der Waals surface area contributed by atoms with E-state index in [0.717, 1.165) is 38.1 Å². The van der Waals surface area contributed by atoms with Gasteiger partial charge in [0.25, 0.3) is 0 Å². The topological polar surface area (TPSA) is 30.5 Å². The van der Waals surface area contributed by atoms with Crippen molar-refractivity contribution in [3.8, 4) is 0 Å². The van der Waals surface area contributed by atoms with Crippen LogP contribution in [0.25, 0.3) is 0 Å². The molecule has 18 heavy (non-hydrogen) atoms. The lowest BCUT2D eigenvalue weighted by molar-refractivity contribution is 0.0201. The molecule has 1 aliphatic carbocycles. The molecule has 1 saturated heterocycles. The van der Waals surface area contributed by atoms with Crippen molar-refractivity contribution in [1.29, 1.82) is 0 Å². The molecular weight excluding hydrogens is 226 g/mol. The first-order chi connectivity index (χ1) is 8.68. The van der Waals surface area contributed by atoms with Gasteiger partial charge in [0.1, 0.15) is 0 Å². The van der Waals surface area contributed by atoms with Gasteiger partial charge in [-0.15, -0.1) is 0 Å². The molecule has 2 unspecified atom stereocenters. The Morgan fingerprint density at radius 2 is 2.17 bits per heavy atom. The highest BCUT2D eigenvalue weighted by Crippen LogP contribution is 2.50. The molecule has 1 aliphatic heterocycles. The van der Waals surface area contributed by atoms with Gasteiger partial charge in [0.15, 0.2) is 0 Å². The van der Waals surface area contributed by atoms with Gasteiger partial charge in [0, 0.05) is 32.2 Å². The molecule has 1 heterocycles. The maximum Gasteiger partial charge on any atom is 0.0672 e. The monoisotopic (exact) mass is 255 g/mol. The van der Waals surface area contributed by atoms with E-state index in [1.807, 2.05) is 0 Å². The highest BCUT2D eigenvalue weighted by molar-refractivity contribution is 5.00. The first-order valence-corrected chi connectivity index (χ1v) is 7.49. The average molecular weight is 255 g/mol. The number of nitrogens with one attached hydrogen (secondary N) is 1. The van der Waals surface area contributed by atoms with E-state index in [9.17, 15) is 0 Å². The zero-order valence-electron chi connectivity index (χ0n) is 12.2. The van der Waals surface area contributed by atoms with Crippen LogP contribution in [0.5, 0.6) is 0 Å². The fourth-order valence-electron chi connectivity index (χ4n) is 3.55. The molecule has 0 radical (unpaired) electrons. The molecule has 106 valence electrons. The molecule has 0 aromatic heterocycles. The van der Waals surface area contributed by atoms with E-state index in [2.05, 4.69) is 19.2 Å². The molecule has 2 fully saturated rings. The predicted molar refractivity (Wildman–Crippen MR) is 73.7 cm³/mol.